The van der Waals surface area contributed by atoms with E-state index in [1.807, 2.05) is 42.8 Å². The third-order valence-corrected chi connectivity index (χ3v) is 3.95. The van der Waals surface area contributed by atoms with Gasteiger partial charge < -0.3 is 9.30 Å². The Kier molecular flexibility index (Phi) is 3.80. The normalized spacial score (nSPS) is 11.9. The first-order valence-electron chi connectivity index (χ1n) is 7.20. The lowest BCUT2D eigenvalue weighted by Gasteiger charge is -2.10. The Hall–Kier alpha value is -2.43. The smallest absolute Gasteiger partial charge is 0.416 e. The van der Waals surface area contributed by atoms with Gasteiger partial charge in [0, 0.05) is 18.0 Å². The van der Waals surface area contributed by atoms with E-state index in [-0.39, 0.29) is 12.4 Å². The Balaban J connectivity index is 1.84. The Labute approximate surface area is 132 Å². The Morgan fingerprint density at radius 3 is 2.48 bits per heavy atom. The summed E-state index contributed by atoms with van der Waals surface area (Å²) in [6.07, 6.45) is -4.36. The van der Waals surface area contributed by atoms with Crippen LogP contribution in [0.3, 0.4) is 0 Å². The van der Waals surface area contributed by atoms with E-state index in [2.05, 4.69) is 0 Å². The molecule has 23 heavy (non-hydrogen) atoms. The lowest BCUT2D eigenvalue weighted by Crippen LogP contribution is -2.06. The quantitative estimate of drug-likeness (QED) is 0.656. The Morgan fingerprint density at radius 1 is 1.04 bits per heavy atom. The number of fused-ring (bicyclic) bond motifs is 1. The van der Waals surface area contributed by atoms with Gasteiger partial charge in [-0.25, -0.2) is 0 Å². The molecular weight excluding hydrogens is 303 g/mol. The zero-order valence-electron chi connectivity index (χ0n) is 12.8. The highest BCUT2D eigenvalue weighted by molar-refractivity contribution is 5.84. The van der Waals surface area contributed by atoms with Crippen LogP contribution in [0.1, 0.15) is 16.8 Å². The minimum atomic E-state index is -4.36. The van der Waals surface area contributed by atoms with Gasteiger partial charge in [0.25, 0.3) is 0 Å². The number of hydrogen-bond acceptors (Lipinski definition) is 1. The predicted molar refractivity (Wildman–Crippen MR) is 83.4 cm³/mol. The number of aryl methyl sites for hydroxylation is 2. The van der Waals surface area contributed by atoms with Gasteiger partial charge >= 0.3 is 6.18 Å². The molecule has 1 aromatic heterocycles. The van der Waals surface area contributed by atoms with Crippen LogP contribution in [0, 0.1) is 6.92 Å². The highest BCUT2D eigenvalue weighted by atomic mass is 19.4. The first kappa shape index (κ1) is 15.5. The van der Waals surface area contributed by atoms with Crippen molar-refractivity contribution in [3.05, 3.63) is 65.4 Å². The summed E-state index contributed by atoms with van der Waals surface area (Å²) in [5.74, 6) is 0.210. The summed E-state index contributed by atoms with van der Waals surface area (Å²) < 4.78 is 45.7. The second-order valence-electron chi connectivity index (χ2n) is 5.52. The minimum Gasteiger partial charge on any atom is -0.487 e. The second-order valence-corrected chi connectivity index (χ2v) is 5.52. The van der Waals surface area contributed by atoms with Crippen LogP contribution >= 0.6 is 0 Å². The maximum Gasteiger partial charge on any atom is 0.416 e. The number of aromatic nitrogens is 1. The van der Waals surface area contributed by atoms with Gasteiger partial charge in [-0.3, -0.25) is 0 Å². The molecule has 1 heterocycles. The van der Waals surface area contributed by atoms with E-state index in [1.165, 1.54) is 12.1 Å². The monoisotopic (exact) mass is 319 g/mol. The van der Waals surface area contributed by atoms with Gasteiger partial charge in [-0.05, 0) is 42.8 Å². The standard InChI is InChI=1S/C18H16F3NO/c1-12-5-3-8-17-16(12)10-14(22(17)2)11-23-15-7-4-6-13(9-15)18(19,20)21/h3-10H,11H2,1-2H3. The van der Waals surface area contributed by atoms with Gasteiger partial charge in [0.15, 0.2) is 0 Å². The van der Waals surface area contributed by atoms with Gasteiger partial charge in [-0.2, -0.15) is 13.2 Å². The Morgan fingerprint density at radius 2 is 1.78 bits per heavy atom. The van der Waals surface area contributed by atoms with E-state index in [0.717, 1.165) is 34.3 Å². The molecule has 120 valence electrons. The predicted octanol–water partition coefficient (Wildman–Crippen LogP) is 5.08. The van der Waals surface area contributed by atoms with Crippen molar-refractivity contribution in [2.24, 2.45) is 7.05 Å². The molecule has 5 heteroatoms. The molecule has 0 saturated heterocycles. The number of halogens is 3. The maximum atomic E-state index is 12.7. The molecule has 0 amide bonds. The van der Waals surface area contributed by atoms with Gasteiger partial charge in [-0.15, -0.1) is 0 Å². The van der Waals surface area contributed by atoms with Crippen molar-refractivity contribution in [1.29, 1.82) is 0 Å². The third-order valence-electron chi connectivity index (χ3n) is 3.95. The van der Waals surface area contributed by atoms with Crippen LogP contribution in [0.15, 0.2) is 48.5 Å². The molecule has 0 radical (unpaired) electrons. The van der Waals surface area contributed by atoms with Gasteiger partial charge in [0.05, 0.1) is 11.3 Å². The molecule has 0 saturated carbocycles. The average molecular weight is 319 g/mol. The molecule has 0 unspecified atom stereocenters. The van der Waals surface area contributed by atoms with Crippen LogP contribution in [0.4, 0.5) is 13.2 Å². The maximum absolute atomic E-state index is 12.7. The third kappa shape index (κ3) is 3.04. The summed E-state index contributed by atoms with van der Waals surface area (Å²) in [5, 5.41) is 1.12. The Bertz CT molecular complexity index is 849. The number of alkyl halides is 3. The lowest BCUT2D eigenvalue weighted by molar-refractivity contribution is -0.137. The number of ether oxygens (including phenoxy) is 1. The van der Waals surface area contributed by atoms with Crippen molar-refractivity contribution >= 4 is 10.9 Å². The zero-order valence-corrected chi connectivity index (χ0v) is 12.8. The number of benzene rings is 2. The van der Waals surface area contributed by atoms with Gasteiger partial charge in [-0.1, -0.05) is 18.2 Å². The van der Waals surface area contributed by atoms with Crippen molar-refractivity contribution in [2.75, 3.05) is 0 Å². The molecule has 0 aliphatic carbocycles. The van der Waals surface area contributed by atoms with Gasteiger partial charge in [0.1, 0.15) is 12.4 Å². The van der Waals surface area contributed by atoms with Crippen molar-refractivity contribution in [1.82, 2.24) is 4.57 Å². The largest absolute Gasteiger partial charge is 0.487 e. The molecule has 2 nitrogen and oxygen atoms in total. The SMILES string of the molecule is Cc1cccc2c1cc(COc1cccc(C(F)(F)F)c1)n2C. The molecule has 2 aromatic carbocycles. The van der Waals surface area contributed by atoms with E-state index in [9.17, 15) is 13.2 Å². The van der Waals surface area contributed by atoms with Crippen molar-refractivity contribution in [2.45, 2.75) is 19.7 Å². The lowest BCUT2D eigenvalue weighted by atomic mass is 10.1. The number of nitrogens with zero attached hydrogens (tertiary/aromatic N) is 1. The highest BCUT2D eigenvalue weighted by Gasteiger charge is 2.30. The van der Waals surface area contributed by atoms with Crippen molar-refractivity contribution < 1.29 is 17.9 Å². The van der Waals surface area contributed by atoms with Crippen LogP contribution < -0.4 is 4.74 Å². The summed E-state index contributed by atoms with van der Waals surface area (Å²) in [6, 6.07) is 13.0. The molecule has 0 atom stereocenters. The van der Waals surface area contributed by atoms with Crippen LogP contribution in [0.2, 0.25) is 0 Å². The number of rotatable bonds is 3. The topological polar surface area (TPSA) is 14.2 Å². The van der Waals surface area contributed by atoms with E-state index in [1.54, 1.807) is 0 Å². The molecule has 0 N–H and O–H groups in total. The fourth-order valence-corrected chi connectivity index (χ4v) is 2.62. The summed E-state index contributed by atoms with van der Waals surface area (Å²) in [6.45, 7) is 2.24. The molecule has 3 aromatic rings. The number of hydrogen-bond donors (Lipinski definition) is 0. The molecule has 3 rings (SSSR count). The first-order chi connectivity index (χ1) is 10.9. The molecule has 0 bridgehead atoms. The van der Waals surface area contributed by atoms with Crippen molar-refractivity contribution in [3.63, 3.8) is 0 Å². The van der Waals surface area contributed by atoms with Crippen LogP contribution in [0.5, 0.6) is 5.75 Å². The summed E-state index contributed by atoms with van der Waals surface area (Å²) in [5.41, 5.74) is 2.44. The molecule has 0 fully saturated rings. The zero-order chi connectivity index (χ0) is 16.6. The molecule has 0 aliphatic heterocycles. The summed E-state index contributed by atoms with van der Waals surface area (Å²) in [4.78, 5) is 0. The van der Waals surface area contributed by atoms with Crippen LogP contribution in [0.25, 0.3) is 10.9 Å². The molecular formula is C18H16F3NO. The average Bonchev–Trinajstić information content (AvgIpc) is 2.83. The highest BCUT2D eigenvalue weighted by Crippen LogP contribution is 2.31. The molecule has 0 aliphatic rings. The second kappa shape index (κ2) is 5.65. The van der Waals surface area contributed by atoms with Crippen molar-refractivity contribution in [3.8, 4) is 5.75 Å². The first-order valence-corrected chi connectivity index (χ1v) is 7.20. The van der Waals surface area contributed by atoms with E-state index < -0.39 is 11.7 Å². The van der Waals surface area contributed by atoms with E-state index in [4.69, 9.17) is 4.74 Å². The minimum absolute atomic E-state index is 0.210. The molecule has 0 spiro atoms. The van der Waals surface area contributed by atoms with Crippen LogP contribution in [-0.4, -0.2) is 4.57 Å². The van der Waals surface area contributed by atoms with E-state index in [0.29, 0.717) is 0 Å². The fourth-order valence-electron chi connectivity index (χ4n) is 2.62. The summed E-state index contributed by atoms with van der Waals surface area (Å²) in [7, 11) is 1.92. The van der Waals surface area contributed by atoms with E-state index >= 15 is 0 Å². The van der Waals surface area contributed by atoms with Gasteiger partial charge in [0.2, 0.25) is 0 Å². The summed E-state index contributed by atoms with van der Waals surface area (Å²) >= 11 is 0. The van der Waals surface area contributed by atoms with Crippen LogP contribution in [-0.2, 0) is 19.8 Å². The fraction of sp³-hybridized carbons (Fsp3) is 0.222.